The standard InChI is InChI=1S/C7H12O2/c1-4-7(5-2)9-6(3)8/h4,7H,1,5H2,2-3H3. The van der Waals surface area contributed by atoms with Crippen LogP contribution in [0.2, 0.25) is 0 Å². The molecular weight excluding hydrogens is 116 g/mol. The lowest BCUT2D eigenvalue weighted by atomic mass is 10.3. The number of ether oxygens (including phenoxy) is 1. The lowest BCUT2D eigenvalue weighted by Crippen LogP contribution is -2.11. The fourth-order valence-electron chi connectivity index (χ4n) is 0.511. The number of rotatable bonds is 3. The Labute approximate surface area is 55.5 Å². The second-order valence-corrected chi connectivity index (χ2v) is 1.79. The highest BCUT2D eigenvalue weighted by atomic mass is 16.5. The van der Waals surface area contributed by atoms with Crippen LogP contribution in [-0.2, 0) is 9.53 Å². The molecule has 1 atom stereocenters. The van der Waals surface area contributed by atoms with Gasteiger partial charge in [0.2, 0.25) is 0 Å². The largest absolute Gasteiger partial charge is 0.458 e. The van der Waals surface area contributed by atoms with Crippen LogP contribution in [0.5, 0.6) is 0 Å². The molecule has 0 amide bonds. The number of esters is 1. The molecule has 0 saturated carbocycles. The monoisotopic (exact) mass is 128 g/mol. The lowest BCUT2D eigenvalue weighted by molar-refractivity contribution is -0.144. The molecule has 0 aromatic heterocycles. The van der Waals surface area contributed by atoms with Crippen LogP contribution in [0.3, 0.4) is 0 Å². The molecule has 0 rings (SSSR count). The molecule has 0 spiro atoms. The fraction of sp³-hybridized carbons (Fsp3) is 0.571. The molecule has 0 saturated heterocycles. The van der Waals surface area contributed by atoms with Crippen molar-refractivity contribution in [3.8, 4) is 0 Å². The van der Waals surface area contributed by atoms with Crippen molar-refractivity contribution in [2.75, 3.05) is 0 Å². The first-order valence-corrected chi connectivity index (χ1v) is 3.00. The van der Waals surface area contributed by atoms with Crippen LogP contribution in [0, 0.1) is 0 Å². The second-order valence-electron chi connectivity index (χ2n) is 1.79. The van der Waals surface area contributed by atoms with Crippen molar-refractivity contribution in [3.05, 3.63) is 12.7 Å². The van der Waals surface area contributed by atoms with Crippen molar-refractivity contribution in [2.24, 2.45) is 0 Å². The van der Waals surface area contributed by atoms with Crippen molar-refractivity contribution in [2.45, 2.75) is 26.4 Å². The van der Waals surface area contributed by atoms with Gasteiger partial charge in [0.1, 0.15) is 6.10 Å². The third-order valence-corrected chi connectivity index (χ3v) is 0.983. The van der Waals surface area contributed by atoms with E-state index in [1.165, 1.54) is 6.92 Å². The first kappa shape index (κ1) is 8.21. The zero-order chi connectivity index (χ0) is 7.28. The molecule has 0 N–H and O–H groups in total. The predicted molar refractivity (Wildman–Crippen MR) is 36.0 cm³/mol. The summed E-state index contributed by atoms with van der Waals surface area (Å²) in [7, 11) is 0. The van der Waals surface area contributed by atoms with Gasteiger partial charge in [0, 0.05) is 6.92 Å². The van der Waals surface area contributed by atoms with Crippen molar-refractivity contribution < 1.29 is 9.53 Å². The van der Waals surface area contributed by atoms with Gasteiger partial charge in [-0.2, -0.15) is 0 Å². The van der Waals surface area contributed by atoms with Crippen LogP contribution in [0.15, 0.2) is 12.7 Å². The molecule has 0 heterocycles. The topological polar surface area (TPSA) is 26.3 Å². The van der Waals surface area contributed by atoms with E-state index in [1.54, 1.807) is 6.08 Å². The van der Waals surface area contributed by atoms with Crippen LogP contribution in [0.4, 0.5) is 0 Å². The number of carbonyl (C=O) groups is 1. The zero-order valence-corrected chi connectivity index (χ0v) is 5.89. The quantitative estimate of drug-likeness (QED) is 0.425. The summed E-state index contributed by atoms with van der Waals surface area (Å²) in [6.45, 7) is 6.84. The number of hydrogen-bond acceptors (Lipinski definition) is 2. The maximum Gasteiger partial charge on any atom is 0.303 e. The average Bonchev–Trinajstić information content (AvgIpc) is 1.82. The SMILES string of the molecule is C=CC(CC)OC(C)=O. The van der Waals surface area contributed by atoms with Crippen molar-refractivity contribution in [3.63, 3.8) is 0 Å². The molecule has 2 nitrogen and oxygen atoms in total. The molecule has 0 radical (unpaired) electrons. The first-order valence-electron chi connectivity index (χ1n) is 3.00. The summed E-state index contributed by atoms with van der Waals surface area (Å²) in [6, 6.07) is 0. The maximum absolute atomic E-state index is 10.3. The fourth-order valence-corrected chi connectivity index (χ4v) is 0.511. The summed E-state index contributed by atoms with van der Waals surface area (Å²) in [5.41, 5.74) is 0. The zero-order valence-electron chi connectivity index (χ0n) is 5.89. The molecule has 0 aliphatic carbocycles. The van der Waals surface area contributed by atoms with Crippen LogP contribution in [0.25, 0.3) is 0 Å². The van der Waals surface area contributed by atoms with Crippen LogP contribution in [-0.4, -0.2) is 12.1 Å². The molecule has 0 aromatic rings. The molecule has 0 bridgehead atoms. The number of hydrogen-bond donors (Lipinski definition) is 0. The molecule has 0 aromatic carbocycles. The highest BCUT2D eigenvalue weighted by molar-refractivity contribution is 5.66. The van der Waals surface area contributed by atoms with Crippen molar-refractivity contribution in [1.82, 2.24) is 0 Å². The minimum Gasteiger partial charge on any atom is -0.458 e. The minimum atomic E-state index is -0.248. The summed E-state index contributed by atoms with van der Waals surface area (Å²) in [5.74, 6) is -0.248. The van der Waals surface area contributed by atoms with Gasteiger partial charge in [-0.25, -0.2) is 0 Å². The van der Waals surface area contributed by atoms with Gasteiger partial charge in [0.25, 0.3) is 0 Å². The molecular formula is C7H12O2. The Morgan fingerprint density at radius 3 is 2.56 bits per heavy atom. The summed E-state index contributed by atoms with van der Waals surface area (Å²) in [5, 5.41) is 0. The van der Waals surface area contributed by atoms with Crippen molar-refractivity contribution >= 4 is 5.97 Å². The molecule has 1 unspecified atom stereocenters. The molecule has 0 aliphatic rings. The van der Waals surface area contributed by atoms with Crippen LogP contribution >= 0.6 is 0 Å². The molecule has 2 heteroatoms. The molecule has 0 aliphatic heterocycles. The van der Waals surface area contributed by atoms with Gasteiger partial charge in [0.15, 0.2) is 0 Å². The highest BCUT2D eigenvalue weighted by Crippen LogP contribution is 1.97. The third-order valence-electron chi connectivity index (χ3n) is 0.983. The molecule has 9 heavy (non-hydrogen) atoms. The van der Waals surface area contributed by atoms with Crippen LogP contribution < -0.4 is 0 Å². The van der Waals surface area contributed by atoms with E-state index in [4.69, 9.17) is 4.74 Å². The van der Waals surface area contributed by atoms with Gasteiger partial charge in [-0.3, -0.25) is 4.79 Å². The Hall–Kier alpha value is -0.790. The lowest BCUT2D eigenvalue weighted by Gasteiger charge is -2.08. The normalized spacial score (nSPS) is 12.2. The third kappa shape index (κ3) is 3.76. The van der Waals surface area contributed by atoms with Crippen LogP contribution in [0.1, 0.15) is 20.3 Å². The number of carbonyl (C=O) groups excluding carboxylic acids is 1. The van der Waals surface area contributed by atoms with Crippen molar-refractivity contribution in [1.29, 1.82) is 0 Å². The minimum absolute atomic E-state index is 0.109. The van der Waals surface area contributed by atoms with E-state index >= 15 is 0 Å². The van der Waals surface area contributed by atoms with Gasteiger partial charge in [-0.15, -0.1) is 0 Å². The van der Waals surface area contributed by atoms with E-state index in [2.05, 4.69) is 6.58 Å². The predicted octanol–water partition coefficient (Wildman–Crippen LogP) is 1.51. The Balaban J connectivity index is 3.55. The van der Waals surface area contributed by atoms with E-state index < -0.39 is 0 Å². The Bertz CT molecular complexity index is 107. The van der Waals surface area contributed by atoms with Gasteiger partial charge in [0.05, 0.1) is 0 Å². The Kier molecular flexibility index (Phi) is 3.76. The van der Waals surface area contributed by atoms with E-state index in [1.807, 2.05) is 6.92 Å². The Morgan fingerprint density at radius 1 is 1.89 bits per heavy atom. The van der Waals surface area contributed by atoms with Gasteiger partial charge < -0.3 is 4.74 Å². The average molecular weight is 128 g/mol. The highest BCUT2D eigenvalue weighted by Gasteiger charge is 2.01. The van der Waals surface area contributed by atoms with E-state index in [-0.39, 0.29) is 12.1 Å². The van der Waals surface area contributed by atoms with E-state index in [9.17, 15) is 4.79 Å². The van der Waals surface area contributed by atoms with E-state index in [0.717, 1.165) is 6.42 Å². The Morgan fingerprint density at radius 2 is 2.44 bits per heavy atom. The van der Waals surface area contributed by atoms with Gasteiger partial charge >= 0.3 is 5.97 Å². The summed E-state index contributed by atoms with van der Waals surface area (Å²) in [4.78, 5) is 10.3. The summed E-state index contributed by atoms with van der Waals surface area (Å²) < 4.78 is 4.79. The maximum atomic E-state index is 10.3. The molecule has 0 fully saturated rings. The van der Waals surface area contributed by atoms with E-state index in [0.29, 0.717) is 0 Å². The first-order chi connectivity index (χ1) is 4.20. The second kappa shape index (κ2) is 4.13. The summed E-state index contributed by atoms with van der Waals surface area (Å²) in [6.07, 6.45) is 2.31. The smallest absolute Gasteiger partial charge is 0.303 e. The summed E-state index contributed by atoms with van der Waals surface area (Å²) >= 11 is 0. The van der Waals surface area contributed by atoms with Gasteiger partial charge in [-0.05, 0) is 6.42 Å². The van der Waals surface area contributed by atoms with Gasteiger partial charge in [-0.1, -0.05) is 19.6 Å². The molecule has 52 valence electrons.